The van der Waals surface area contributed by atoms with Crippen molar-refractivity contribution in [3.63, 3.8) is 0 Å². The number of halogens is 1. The summed E-state index contributed by atoms with van der Waals surface area (Å²) >= 11 is 5.90. The van der Waals surface area contributed by atoms with Gasteiger partial charge in [-0.15, -0.1) is 0 Å². The summed E-state index contributed by atoms with van der Waals surface area (Å²) in [7, 11) is -3.45. The van der Waals surface area contributed by atoms with E-state index < -0.39 is 15.8 Å². The van der Waals surface area contributed by atoms with E-state index >= 15 is 0 Å². The van der Waals surface area contributed by atoms with E-state index in [1.54, 1.807) is 54.6 Å². The smallest absolute Gasteiger partial charge is 0.307 e. The lowest BCUT2D eigenvalue weighted by Gasteiger charge is -2.14. The Morgan fingerprint density at radius 1 is 0.897 bits per heavy atom. The molecule has 0 aliphatic heterocycles. The molecule has 0 aliphatic rings. The largest absolute Gasteiger partial charge is 0.481 e. The maximum Gasteiger partial charge on any atom is 0.307 e. The van der Waals surface area contributed by atoms with Gasteiger partial charge in [-0.2, -0.15) is 0 Å². The fraction of sp³-hybridized carbons (Fsp3) is 0.133. The molecule has 39 heavy (non-hydrogen) atoms. The van der Waals surface area contributed by atoms with Crippen LogP contribution in [0.25, 0.3) is 11.1 Å². The van der Waals surface area contributed by atoms with Crippen LogP contribution in [-0.2, 0) is 27.5 Å². The summed E-state index contributed by atoms with van der Waals surface area (Å²) in [4.78, 5) is 24.0. The molecular weight excluding hydrogens is 538 g/mol. The van der Waals surface area contributed by atoms with Gasteiger partial charge in [-0.25, -0.2) is 8.42 Å². The van der Waals surface area contributed by atoms with Crippen molar-refractivity contribution in [1.29, 1.82) is 0 Å². The van der Waals surface area contributed by atoms with E-state index in [-0.39, 0.29) is 17.2 Å². The van der Waals surface area contributed by atoms with Crippen LogP contribution in [0.4, 0.5) is 0 Å². The Labute approximate surface area is 232 Å². The second-order valence-electron chi connectivity index (χ2n) is 8.96. The minimum absolute atomic E-state index is 0.140. The van der Waals surface area contributed by atoms with E-state index in [0.717, 1.165) is 11.8 Å². The van der Waals surface area contributed by atoms with Gasteiger partial charge in [0.05, 0.1) is 11.3 Å². The molecular formula is C30H26ClNO6S. The summed E-state index contributed by atoms with van der Waals surface area (Å²) in [6.45, 7) is 0.470. The molecule has 0 bridgehead atoms. The molecule has 2 N–H and O–H groups in total. The molecule has 0 saturated carbocycles. The fourth-order valence-corrected chi connectivity index (χ4v) is 4.74. The molecule has 9 heteroatoms. The Morgan fingerprint density at radius 2 is 1.59 bits per heavy atom. The van der Waals surface area contributed by atoms with Gasteiger partial charge in [-0.1, -0.05) is 41.9 Å². The Balaban J connectivity index is 1.51. The maximum atomic E-state index is 12.6. The lowest BCUT2D eigenvalue weighted by molar-refractivity contribution is -0.136. The highest BCUT2D eigenvalue weighted by molar-refractivity contribution is 7.90. The number of aliphatic carboxylic acids is 1. The van der Waals surface area contributed by atoms with E-state index in [2.05, 4.69) is 5.32 Å². The predicted molar refractivity (Wildman–Crippen MR) is 150 cm³/mol. The number of carboxylic acids is 1. The van der Waals surface area contributed by atoms with E-state index in [9.17, 15) is 23.1 Å². The molecule has 4 rings (SSSR count). The average Bonchev–Trinajstić information content (AvgIpc) is 2.90. The number of ether oxygens (including phenoxy) is 1. The van der Waals surface area contributed by atoms with Crippen LogP contribution in [0.1, 0.15) is 21.5 Å². The molecule has 0 heterocycles. The van der Waals surface area contributed by atoms with Gasteiger partial charge in [0.2, 0.25) is 0 Å². The van der Waals surface area contributed by atoms with Crippen LogP contribution in [-0.4, -0.2) is 38.2 Å². The van der Waals surface area contributed by atoms with Crippen molar-refractivity contribution in [2.45, 2.75) is 17.7 Å². The number of nitrogens with one attached hydrogen (secondary N) is 1. The molecule has 0 aliphatic carbocycles. The number of hydrogen-bond acceptors (Lipinski definition) is 5. The lowest BCUT2D eigenvalue weighted by Crippen LogP contribution is -2.25. The van der Waals surface area contributed by atoms with Gasteiger partial charge in [-0.3, -0.25) is 9.59 Å². The first kappa shape index (κ1) is 27.9. The van der Waals surface area contributed by atoms with Gasteiger partial charge >= 0.3 is 5.97 Å². The Kier molecular flexibility index (Phi) is 8.69. The Bertz CT molecular complexity index is 1600. The zero-order valence-electron chi connectivity index (χ0n) is 21.1. The number of carbonyl (C=O) groups excluding carboxylic acids is 1. The van der Waals surface area contributed by atoms with E-state index in [0.29, 0.717) is 51.7 Å². The van der Waals surface area contributed by atoms with Crippen molar-refractivity contribution in [2.75, 3.05) is 12.8 Å². The van der Waals surface area contributed by atoms with Crippen molar-refractivity contribution in [3.8, 4) is 22.6 Å². The number of benzene rings is 4. The second-order valence-corrected chi connectivity index (χ2v) is 11.4. The van der Waals surface area contributed by atoms with E-state index in [4.69, 9.17) is 16.3 Å². The fourth-order valence-electron chi connectivity index (χ4n) is 3.95. The van der Waals surface area contributed by atoms with Crippen LogP contribution in [0.2, 0.25) is 5.02 Å². The number of hydrogen-bond donors (Lipinski definition) is 2. The molecule has 4 aromatic rings. The molecule has 200 valence electrons. The van der Waals surface area contributed by atoms with Gasteiger partial charge in [0.1, 0.15) is 11.5 Å². The zero-order chi connectivity index (χ0) is 28.0. The van der Waals surface area contributed by atoms with Crippen molar-refractivity contribution in [1.82, 2.24) is 5.32 Å². The van der Waals surface area contributed by atoms with E-state index in [1.165, 1.54) is 12.1 Å². The number of carboxylic acid groups (broad SMARTS) is 1. The van der Waals surface area contributed by atoms with Crippen LogP contribution in [0.15, 0.2) is 95.9 Å². The summed E-state index contributed by atoms with van der Waals surface area (Å²) in [6.07, 6.45) is 1.60. The summed E-state index contributed by atoms with van der Waals surface area (Å²) in [5.41, 5.74) is 3.19. The monoisotopic (exact) mass is 563 g/mol. The SMILES string of the molecule is CS(=O)(=O)c1cccc(-c2cc(CC(=O)O)ccc2Oc2ccc(C(=O)NCCc3ccc(Cl)cc3)cc2)c1. The number of rotatable bonds is 10. The Morgan fingerprint density at radius 3 is 2.26 bits per heavy atom. The van der Waals surface area contributed by atoms with Gasteiger partial charge in [-0.05, 0) is 83.8 Å². The minimum atomic E-state index is -3.45. The average molecular weight is 564 g/mol. The summed E-state index contributed by atoms with van der Waals surface area (Å²) in [6, 6.07) is 25.4. The quantitative estimate of drug-likeness (QED) is 0.252. The molecule has 7 nitrogen and oxygen atoms in total. The molecule has 0 saturated heterocycles. The molecule has 0 spiro atoms. The standard InChI is InChI=1S/C30H26ClNO6S/c1-39(36,37)26-4-2-3-23(19-26)27-17-21(18-29(33)34)7-14-28(27)38-25-12-8-22(9-13-25)30(35)32-16-15-20-5-10-24(31)11-6-20/h2-14,17,19H,15-16,18H2,1H3,(H,32,35)(H,33,34). The van der Waals surface area contributed by atoms with Crippen molar-refractivity contribution in [3.05, 3.63) is 113 Å². The summed E-state index contributed by atoms with van der Waals surface area (Å²) in [5, 5.41) is 12.8. The molecule has 0 aromatic heterocycles. The first-order valence-corrected chi connectivity index (χ1v) is 14.3. The minimum Gasteiger partial charge on any atom is -0.481 e. The van der Waals surface area contributed by atoms with Gasteiger partial charge in [0.25, 0.3) is 5.91 Å². The summed E-state index contributed by atoms with van der Waals surface area (Å²) < 4.78 is 30.3. The third kappa shape index (κ3) is 7.69. The highest BCUT2D eigenvalue weighted by atomic mass is 35.5. The topological polar surface area (TPSA) is 110 Å². The third-order valence-corrected chi connectivity index (χ3v) is 7.29. The van der Waals surface area contributed by atoms with Crippen LogP contribution in [0, 0.1) is 0 Å². The Hall–Kier alpha value is -4.14. The van der Waals surface area contributed by atoms with Crippen molar-refractivity contribution < 1.29 is 27.9 Å². The number of amides is 1. The van der Waals surface area contributed by atoms with Gasteiger partial charge < -0.3 is 15.2 Å². The number of carbonyl (C=O) groups is 2. The highest BCUT2D eigenvalue weighted by Crippen LogP contribution is 2.35. The normalized spacial score (nSPS) is 11.1. The van der Waals surface area contributed by atoms with E-state index in [1.807, 2.05) is 24.3 Å². The second kappa shape index (κ2) is 12.1. The third-order valence-electron chi connectivity index (χ3n) is 5.93. The molecule has 4 aromatic carbocycles. The molecule has 0 radical (unpaired) electrons. The molecule has 0 atom stereocenters. The zero-order valence-corrected chi connectivity index (χ0v) is 22.6. The first-order valence-electron chi connectivity index (χ1n) is 12.0. The maximum absolute atomic E-state index is 12.6. The number of sulfone groups is 1. The van der Waals surface area contributed by atoms with Crippen LogP contribution in [0.3, 0.4) is 0 Å². The lowest BCUT2D eigenvalue weighted by atomic mass is 10.0. The summed E-state index contributed by atoms with van der Waals surface area (Å²) in [5.74, 6) is -0.331. The first-order chi connectivity index (χ1) is 18.6. The van der Waals surface area contributed by atoms with Crippen molar-refractivity contribution in [2.24, 2.45) is 0 Å². The van der Waals surface area contributed by atoms with Gasteiger partial charge in [0, 0.05) is 29.0 Å². The van der Waals surface area contributed by atoms with Crippen LogP contribution >= 0.6 is 11.6 Å². The van der Waals surface area contributed by atoms with Crippen molar-refractivity contribution >= 4 is 33.3 Å². The predicted octanol–water partition coefficient (Wildman–Crippen LogP) is 5.80. The van der Waals surface area contributed by atoms with Crippen LogP contribution in [0.5, 0.6) is 11.5 Å². The van der Waals surface area contributed by atoms with Gasteiger partial charge in [0.15, 0.2) is 9.84 Å². The molecule has 0 fully saturated rings. The molecule has 1 amide bonds. The molecule has 0 unspecified atom stereocenters. The van der Waals surface area contributed by atoms with Crippen LogP contribution < -0.4 is 10.1 Å². The highest BCUT2D eigenvalue weighted by Gasteiger charge is 2.14.